The number of hydrogen-bond acceptors (Lipinski definition) is 6. The molecular weight excluding hydrogens is 478 g/mol. The first-order valence-electron chi connectivity index (χ1n) is 6.92. The summed E-state index contributed by atoms with van der Waals surface area (Å²) in [6.07, 6.45) is 3.21. The zero-order chi connectivity index (χ0) is 18.6. The summed E-state index contributed by atoms with van der Waals surface area (Å²) in [5, 5.41) is -0.509. The van der Waals surface area contributed by atoms with Crippen molar-refractivity contribution < 1.29 is 23.9 Å². The number of thioether (sulfide) groups is 1. The summed E-state index contributed by atoms with van der Waals surface area (Å²) in [5.41, 5.74) is 0.688. The van der Waals surface area contributed by atoms with Crippen molar-refractivity contribution in [3.05, 3.63) is 44.2 Å². The molecule has 132 valence electrons. The van der Waals surface area contributed by atoms with E-state index in [1.807, 2.05) is 0 Å². The molecule has 0 radical (unpaired) electrons. The number of rotatable bonds is 6. The van der Waals surface area contributed by atoms with Crippen LogP contribution >= 0.6 is 43.6 Å². The Bertz CT molecular complexity index is 755. The molecule has 1 fully saturated rings. The van der Waals surface area contributed by atoms with Gasteiger partial charge in [-0.3, -0.25) is 19.3 Å². The third-order valence-electron chi connectivity index (χ3n) is 3.05. The fourth-order valence-corrected chi connectivity index (χ4v) is 4.21. The number of imide groups is 1. The Morgan fingerprint density at radius 3 is 2.52 bits per heavy atom. The molecule has 1 saturated heterocycles. The number of carbonyl (C=O) groups excluding carboxylic acids is 3. The van der Waals surface area contributed by atoms with Crippen LogP contribution in [0.25, 0.3) is 6.08 Å². The van der Waals surface area contributed by atoms with Crippen molar-refractivity contribution in [3.63, 3.8) is 0 Å². The van der Waals surface area contributed by atoms with Gasteiger partial charge in [0.25, 0.3) is 11.1 Å². The van der Waals surface area contributed by atoms with Crippen molar-refractivity contribution in [1.29, 1.82) is 0 Å². The fraction of sp³-hybridized carbons (Fsp3) is 0.188. The number of nitrogens with zero attached hydrogens (tertiary/aromatic N) is 1. The number of amides is 2. The molecule has 0 unspecified atom stereocenters. The molecule has 6 nitrogen and oxygen atoms in total. The van der Waals surface area contributed by atoms with Crippen LogP contribution in [0.1, 0.15) is 5.56 Å². The molecule has 0 N–H and O–H groups in total. The van der Waals surface area contributed by atoms with Crippen LogP contribution in [0.4, 0.5) is 4.79 Å². The van der Waals surface area contributed by atoms with Gasteiger partial charge in [0.05, 0.1) is 21.0 Å². The minimum Gasteiger partial charge on any atom is -0.487 e. The Labute approximate surface area is 165 Å². The monoisotopic (exact) mass is 489 g/mol. The van der Waals surface area contributed by atoms with E-state index in [1.54, 1.807) is 24.3 Å². The van der Waals surface area contributed by atoms with E-state index >= 15 is 0 Å². The minimum atomic E-state index is -0.655. The average Bonchev–Trinajstić information content (AvgIpc) is 2.81. The Morgan fingerprint density at radius 2 is 1.96 bits per heavy atom. The summed E-state index contributed by atoms with van der Waals surface area (Å²) >= 11 is 7.59. The van der Waals surface area contributed by atoms with Crippen LogP contribution in [-0.2, 0) is 14.3 Å². The van der Waals surface area contributed by atoms with Gasteiger partial charge in [-0.05, 0) is 67.4 Å². The standard InChI is InChI=1S/C16H13Br2NO5S/c1-3-4-24-14-10(17)5-9(6-11(14)18)7-12-15(21)19(16(22)25-12)8-13(20)23-2/h3,5-7H,1,4,8H2,2H3. The molecule has 1 heterocycles. The maximum absolute atomic E-state index is 12.3. The SMILES string of the molecule is C=CCOc1c(Br)cc(C=C2SC(=O)N(CC(=O)OC)C2=O)cc1Br. The zero-order valence-corrected chi connectivity index (χ0v) is 17.1. The van der Waals surface area contributed by atoms with E-state index in [0.29, 0.717) is 26.9 Å². The fourth-order valence-electron chi connectivity index (χ4n) is 1.92. The zero-order valence-electron chi connectivity index (χ0n) is 13.1. The van der Waals surface area contributed by atoms with E-state index in [2.05, 4.69) is 43.2 Å². The van der Waals surface area contributed by atoms with Gasteiger partial charge in [0.2, 0.25) is 0 Å². The van der Waals surface area contributed by atoms with Crippen molar-refractivity contribution >= 4 is 66.8 Å². The molecule has 2 rings (SSSR count). The predicted octanol–water partition coefficient (Wildman–Crippen LogP) is 3.99. The Morgan fingerprint density at radius 1 is 1.32 bits per heavy atom. The number of ether oxygens (including phenoxy) is 2. The third-order valence-corrected chi connectivity index (χ3v) is 5.14. The van der Waals surface area contributed by atoms with Gasteiger partial charge in [0.15, 0.2) is 0 Å². The summed E-state index contributed by atoms with van der Waals surface area (Å²) in [6.45, 7) is 3.54. The number of carbonyl (C=O) groups is 3. The lowest BCUT2D eigenvalue weighted by Crippen LogP contribution is -2.34. The molecule has 0 aliphatic carbocycles. The molecule has 0 bridgehead atoms. The van der Waals surface area contributed by atoms with Gasteiger partial charge in [-0.2, -0.15) is 0 Å². The Kier molecular flexibility index (Phi) is 6.86. The number of halogens is 2. The van der Waals surface area contributed by atoms with Crippen LogP contribution in [0, 0.1) is 0 Å². The first-order valence-corrected chi connectivity index (χ1v) is 9.32. The first kappa shape index (κ1) is 19.7. The number of methoxy groups -OCH3 is 1. The van der Waals surface area contributed by atoms with Crippen molar-refractivity contribution in [2.24, 2.45) is 0 Å². The average molecular weight is 491 g/mol. The summed E-state index contributed by atoms with van der Waals surface area (Å²) in [4.78, 5) is 36.6. The molecule has 1 aliphatic heterocycles. The normalized spacial score (nSPS) is 15.6. The van der Waals surface area contributed by atoms with Gasteiger partial charge in [-0.1, -0.05) is 12.7 Å². The number of esters is 1. The van der Waals surface area contributed by atoms with Crippen molar-refractivity contribution in [2.45, 2.75) is 0 Å². The van der Waals surface area contributed by atoms with Gasteiger partial charge < -0.3 is 9.47 Å². The van der Waals surface area contributed by atoms with E-state index in [4.69, 9.17) is 4.74 Å². The van der Waals surface area contributed by atoms with Gasteiger partial charge in [-0.15, -0.1) is 0 Å². The third kappa shape index (κ3) is 4.74. The molecule has 0 atom stereocenters. The Hall–Kier alpha value is -1.58. The molecule has 25 heavy (non-hydrogen) atoms. The molecule has 1 aromatic carbocycles. The maximum atomic E-state index is 12.3. The second-order valence-electron chi connectivity index (χ2n) is 4.76. The minimum absolute atomic E-state index is 0.229. The lowest BCUT2D eigenvalue weighted by atomic mass is 10.2. The van der Waals surface area contributed by atoms with Crippen LogP contribution < -0.4 is 4.74 Å². The highest BCUT2D eigenvalue weighted by Crippen LogP contribution is 2.37. The van der Waals surface area contributed by atoms with Crippen LogP contribution in [0.5, 0.6) is 5.75 Å². The van der Waals surface area contributed by atoms with Crippen LogP contribution in [-0.4, -0.2) is 42.3 Å². The summed E-state index contributed by atoms with van der Waals surface area (Å²) in [5.74, 6) is -0.576. The second-order valence-corrected chi connectivity index (χ2v) is 7.46. The summed E-state index contributed by atoms with van der Waals surface area (Å²) in [6, 6.07) is 3.52. The molecule has 1 aliphatic rings. The highest BCUT2D eigenvalue weighted by Gasteiger charge is 2.36. The van der Waals surface area contributed by atoms with E-state index < -0.39 is 23.7 Å². The van der Waals surface area contributed by atoms with Gasteiger partial charge in [0, 0.05) is 0 Å². The van der Waals surface area contributed by atoms with Crippen LogP contribution in [0.15, 0.2) is 38.6 Å². The van der Waals surface area contributed by atoms with Crippen LogP contribution in [0.2, 0.25) is 0 Å². The van der Waals surface area contributed by atoms with Crippen molar-refractivity contribution in [1.82, 2.24) is 4.90 Å². The molecule has 0 spiro atoms. The quantitative estimate of drug-likeness (QED) is 0.341. The lowest BCUT2D eigenvalue weighted by Gasteiger charge is -2.10. The maximum Gasteiger partial charge on any atom is 0.325 e. The highest BCUT2D eigenvalue weighted by atomic mass is 79.9. The predicted molar refractivity (Wildman–Crippen MR) is 102 cm³/mol. The summed E-state index contributed by atoms with van der Waals surface area (Å²) in [7, 11) is 1.20. The molecule has 0 aromatic heterocycles. The molecule has 9 heteroatoms. The van der Waals surface area contributed by atoms with Crippen LogP contribution in [0.3, 0.4) is 0 Å². The smallest absolute Gasteiger partial charge is 0.325 e. The molecular formula is C16H13Br2NO5S. The lowest BCUT2D eigenvalue weighted by molar-refractivity contribution is -0.143. The van der Waals surface area contributed by atoms with Gasteiger partial charge in [0.1, 0.15) is 18.9 Å². The molecule has 1 aromatic rings. The van der Waals surface area contributed by atoms with E-state index in [1.165, 1.54) is 7.11 Å². The second kappa shape index (κ2) is 8.68. The number of benzene rings is 1. The number of hydrogen-bond donors (Lipinski definition) is 0. The largest absolute Gasteiger partial charge is 0.487 e. The van der Waals surface area contributed by atoms with E-state index in [-0.39, 0.29) is 4.91 Å². The summed E-state index contributed by atoms with van der Waals surface area (Å²) < 4.78 is 11.4. The molecule has 0 saturated carbocycles. The van der Waals surface area contributed by atoms with Crippen molar-refractivity contribution in [3.8, 4) is 5.75 Å². The van der Waals surface area contributed by atoms with Gasteiger partial charge >= 0.3 is 5.97 Å². The molecule has 2 amide bonds. The van der Waals surface area contributed by atoms with Crippen molar-refractivity contribution in [2.75, 3.05) is 20.3 Å². The van der Waals surface area contributed by atoms with Gasteiger partial charge in [-0.25, -0.2) is 0 Å². The van der Waals surface area contributed by atoms with E-state index in [9.17, 15) is 14.4 Å². The Balaban J connectivity index is 2.26. The highest BCUT2D eigenvalue weighted by molar-refractivity contribution is 9.11. The van der Waals surface area contributed by atoms with E-state index in [0.717, 1.165) is 16.7 Å². The topological polar surface area (TPSA) is 72.9 Å². The first-order chi connectivity index (χ1) is 11.9.